The fourth-order valence-corrected chi connectivity index (χ4v) is 4.15. The Balaban J connectivity index is 2.22. The van der Waals surface area contributed by atoms with Gasteiger partial charge in [-0.3, -0.25) is 4.79 Å². The highest BCUT2D eigenvalue weighted by Crippen LogP contribution is 2.26. The van der Waals surface area contributed by atoms with Crippen LogP contribution in [0.3, 0.4) is 0 Å². The van der Waals surface area contributed by atoms with Gasteiger partial charge in [0.1, 0.15) is 11.6 Å². The van der Waals surface area contributed by atoms with E-state index in [2.05, 4.69) is 0 Å². The maximum Gasteiger partial charge on any atom is 0.410 e. The Hall–Kier alpha value is -2.09. The summed E-state index contributed by atoms with van der Waals surface area (Å²) >= 11 is 1.43. The lowest BCUT2D eigenvalue weighted by molar-refractivity contribution is -0.150. The van der Waals surface area contributed by atoms with Crippen LogP contribution in [0.4, 0.5) is 4.79 Å². The van der Waals surface area contributed by atoms with Crippen LogP contribution >= 0.6 is 11.3 Å². The van der Waals surface area contributed by atoms with Crippen LogP contribution in [0, 0.1) is 6.92 Å². The lowest BCUT2D eigenvalue weighted by Gasteiger charge is -2.40. The summed E-state index contributed by atoms with van der Waals surface area (Å²) in [4.78, 5) is 42.7. The second kappa shape index (κ2) is 8.94. The number of hydrogen-bond acceptors (Lipinski definition) is 6. The smallest absolute Gasteiger partial charge is 0.410 e. The zero-order valence-electron chi connectivity index (χ0n) is 17.5. The number of hydrogen-bond donors (Lipinski definition) is 0. The largest absolute Gasteiger partial charge is 0.464 e. The number of carbonyl (C=O) groups excluding carboxylic acids is 3. The molecule has 2 heterocycles. The summed E-state index contributed by atoms with van der Waals surface area (Å²) in [7, 11) is 0. The number of aryl methyl sites for hydroxylation is 2. The van der Waals surface area contributed by atoms with Crippen LogP contribution in [0.1, 0.15) is 54.7 Å². The highest BCUT2D eigenvalue weighted by atomic mass is 32.1. The van der Waals surface area contributed by atoms with Gasteiger partial charge in [-0.2, -0.15) is 0 Å². The molecular formula is C20H30N2O5S. The molecule has 8 heteroatoms. The molecule has 0 spiro atoms. The summed E-state index contributed by atoms with van der Waals surface area (Å²) in [5.41, 5.74) is 0.502. The van der Waals surface area contributed by atoms with Crippen molar-refractivity contribution in [1.29, 1.82) is 0 Å². The first-order chi connectivity index (χ1) is 13.1. The maximum absolute atomic E-state index is 13.1. The van der Waals surface area contributed by atoms with Crippen molar-refractivity contribution < 1.29 is 23.9 Å². The number of rotatable bonds is 4. The molecule has 0 radical (unpaired) electrons. The van der Waals surface area contributed by atoms with Gasteiger partial charge < -0.3 is 19.3 Å². The van der Waals surface area contributed by atoms with Gasteiger partial charge in [-0.1, -0.05) is 6.92 Å². The molecule has 1 fully saturated rings. The minimum atomic E-state index is -0.846. The molecule has 1 aliphatic heterocycles. The molecule has 1 saturated heterocycles. The third kappa shape index (κ3) is 5.25. The van der Waals surface area contributed by atoms with E-state index in [1.165, 1.54) is 21.1 Å². The maximum atomic E-state index is 13.1. The van der Waals surface area contributed by atoms with E-state index in [0.29, 0.717) is 11.4 Å². The number of esters is 1. The van der Waals surface area contributed by atoms with E-state index >= 15 is 0 Å². The van der Waals surface area contributed by atoms with Gasteiger partial charge in [0.25, 0.3) is 5.91 Å². The van der Waals surface area contributed by atoms with Gasteiger partial charge in [0.2, 0.25) is 0 Å². The molecule has 7 nitrogen and oxygen atoms in total. The van der Waals surface area contributed by atoms with Crippen LogP contribution in [0.5, 0.6) is 0 Å². The topological polar surface area (TPSA) is 76.2 Å². The van der Waals surface area contributed by atoms with Gasteiger partial charge in [0.15, 0.2) is 0 Å². The van der Waals surface area contributed by atoms with E-state index in [-0.39, 0.29) is 25.6 Å². The number of thiophene rings is 1. The Bertz CT molecular complexity index is 737. The first-order valence-electron chi connectivity index (χ1n) is 9.62. The van der Waals surface area contributed by atoms with Crippen molar-refractivity contribution in [3.63, 3.8) is 0 Å². The Labute approximate surface area is 170 Å². The fraction of sp³-hybridized carbons (Fsp3) is 0.650. The molecule has 156 valence electrons. The summed E-state index contributed by atoms with van der Waals surface area (Å²) in [6, 6.07) is 1.05. The number of piperazine rings is 1. The third-order valence-electron chi connectivity index (χ3n) is 4.46. The molecule has 0 bridgehead atoms. The Morgan fingerprint density at radius 1 is 1.21 bits per heavy atom. The molecule has 0 aliphatic carbocycles. The number of ether oxygens (including phenoxy) is 2. The molecule has 1 unspecified atom stereocenters. The first kappa shape index (κ1) is 22.2. The monoisotopic (exact) mass is 410 g/mol. The van der Waals surface area contributed by atoms with Crippen molar-refractivity contribution in [3.8, 4) is 0 Å². The quantitative estimate of drug-likeness (QED) is 0.712. The Kier molecular flexibility index (Phi) is 7.09. The molecule has 2 amide bonds. The van der Waals surface area contributed by atoms with E-state index in [4.69, 9.17) is 9.47 Å². The van der Waals surface area contributed by atoms with Crippen molar-refractivity contribution in [3.05, 3.63) is 21.4 Å². The van der Waals surface area contributed by atoms with Crippen molar-refractivity contribution in [2.24, 2.45) is 0 Å². The molecule has 2 rings (SSSR count). The van der Waals surface area contributed by atoms with Gasteiger partial charge >= 0.3 is 12.1 Å². The second-order valence-corrected chi connectivity index (χ2v) is 8.99. The van der Waals surface area contributed by atoms with Crippen LogP contribution in [0.2, 0.25) is 0 Å². The predicted octanol–water partition coefficient (Wildman–Crippen LogP) is 3.24. The Morgan fingerprint density at radius 3 is 2.43 bits per heavy atom. The summed E-state index contributed by atoms with van der Waals surface area (Å²) in [6.07, 6.45) is 0.359. The van der Waals surface area contributed by atoms with Crippen LogP contribution in [0.15, 0.2) is 6.07 Å². The molecular weight excluding hydrogens is 380 g/mol. The zero-order chi connectivity index (χ0) is 21.1. The van der Waals surface area contributed by atoms with Crippen molar-refractivity contribution in [1.82, 2.24) is 9.80 Å². The van der Waals surface area contributed by atoms with Crippen LogP contribution < -0.4 is 0 Å². The minimum Gasteiger partial charge on any atom is -0.464 e. The van der Waals surface area contributed by atoms with E-state index < -0.39 is 23.7 Å². The molecule has 1 aromatic heterocycles. The fourth-order valence-electron chi connectivity index (χ4n) is 3.08. The van der Waals surface area contributed by atoms with Crippen LogP contribution in [0.25, 0.3) is 0 Å². The zero-order valence-corrected chi connectivity index (χ0v) is 18.4. The highest BCUT2D eigenvalue weighted by molar-refractivity contribution is 7.14. The SMILES string of the molecule is CCOC(=O)C1CN(C(=O)OC(C)(C)C)CCN1C(=O)c1cc(CC)c(C)s1. The van der Waals surface area contributed by atoms with E-state index in [0.717, 1.165) is 16.9 Å². The minimum absolute atomic E-state index is 0.0600. The molecule has 0 saturated carbocycles. The van der Waals surface area contributed by atoms with Gasteiger partial charge in [-0.25, -0.2) is 9.59 Å². The molecule has 1 aliphatic rings. The van der Waals surface area contributed by atoms with E-state index in [1.54, 1.807) is 27.7 Å². The van der Waals surface area contributed by atoms with Gasteiger partial charge in [0.05, 0.1) is 18.0 Å². The molecule has 1 atom stereocenters. The lowest BCUT2D eigenvalue weighted by atomic mass is 10.1. The van der Waals surface area contributed by atoms with E-state index in [1.807, 2.05) is 19.9 Å². The number of nitrogens with zero attached hydrogens (tertiary/aromatic N) is 2. The first-order valence-corrected chi connectivity index (χ1v) is 10.4. The van der Waals surface area contributed by atoms with Crippen molar-refractivity contribution in [2.45, 2.75) is 59.6 Å². The third-order valence-corrected chi connectivity index (χ3v) is 5.54. The highest BCUT2D eigenvalue weighted by Gasteiger charge is 2.39. The average molecular weight is 411 g/mol. The summed E-state index contributed by atoms with van der Waals surface area (Å²) < 4.78 is 10.6. The second-order valence-electron chi connectivity index (χ2n) is 7.74. The average Bonchev–Trinajstić information content (AvgIpc) is 3.00. The van der Waals surface area contributed by atoms with Crippen LogP contribution in [-0.4, -0.2) is 65.7 Å². The van der Waals surface area contributed by atoms with Gasteiger partial charge in [0, 0.05) is 18.0 Å². The van der Waals surface area contributed by atoms with Gasteiger partial charge in [-0.15, -0.1) is 11.3 Å². The molecule has 0 aromatic carbocycles. The number of amides is 2. The van der Waals surface area contributed by atoms with Crippen molar-refractivity contribution in [2.75, 3.05) is 26.2 Å². The molecule has 1 aromatic rings. The standard InChI is InChI=1S/C20H30N2O5S/c1-7-14-11-16(28-13(14)3)17(23)22-10-9-21(19(25)27-20(4,5)6)12-15(22)18(24)26-8-2/h11,15H,7-10,12H2,1-6H3. The van der Waals surface area contributed by atoms with Crippen LogP contribution in [-0.2, 0) is 20.7 Å². The van der Waals surface area contributed by atoms with E-state index in [9.17, 15) is 14.4 Å². The normalized spacial score (nSPS) is 17.4. The number of carbonyl (C=O) groups is 3. The summed E-state index contributed by atoms with van der Waals surface area (Å²) in [5.74, 6) is -0.706. The van der Waals surface area contributed by atoms with Gasteiger partial charge in [-0.05, 0) is 52.7 Å². The lowest BCUT2D eigenvalue weighted by Crippen LogP contribution is -2.60. The molecule has 28 heavy (non-hydrogen) atoms. The van der Waals surface area contributed by atoms with Crippen molar-refractivity contribution >= 4 is 29.3 Å². The predicted molar refractivity (Wildman–Crippen MR) is 108 cm³/mol. The summed E-state index contributed by atoms with van der Waals surface area (Å²) in [5, 5.41) is 0. The molecule has 0 N–H and O–H groups in total. The Morgan fingerprint density at radius 2 is 1.89 bits per heavy atom. The summed E-state index contributed by atoms with van der Waals surface area (Å²) in [6.45, 7) is 11.9.